The summed E-state index contributed by atoms with van der Waals surface area (Å²) in [6, 6.07) is 21.1. The van der Waals surface area contributed by atoms with Crippen LogP contribution in [0.4, 0.5) is 0 Å². The zero-order valence-corrected chi connectivity index (χ0v) is 21.1. The highest BCUT2D eigenvalue weighted by Gasteiger charge is 2.34. The van der Waals surface area contributed by atoms with Crippen molar-refractivity contribution in [1.82, 2.24) is 9.80 Å². The first-order valence-corrected chi connectivity index (χ1v) is 13.2. The largest absolute Gasteiger partial charge is 0.457 e. The van der Waals surface area contributed by atoms with Crippen LogP contribution in [-0.4, -0.2) is 41.9 Å². The topological polar surface area (TPSA) is 32.8 Å². The van der Waals surface area contributed by atoms with Crippen LogP contribution in [0, 0.1) is 0 Å². The lowest BCUT2D eigenvalue weighted by molar-refractivity contribution is 0.0697. The third-order valence-corrected chi connectivity index (χ3v) is 8.37. The molecule has 1 saturated heterocycles. The number of nitrogens with zero attached hydrogens (tertiary/aromatic N) is 2. The maximum absolute atomic E-state index is 13.6. The van der Waals surface area contributed by atoms with Gasteiger partial charge in [-0.1, -0.05) is 65.7 Å². The first-order chi connectivity index (χ1) is 16.6. The van der Waals surface area contributed by atoms with Crippen molar-refractivity contribution in [2.75, 3.05) is 26.2 Å². The molecule has 1 atom stereocenters. The molecule has 0 bridgehead atoms. The van der Waals surface area contributed by atoms with E-state index in [1.807, 2.05) is 47.4 Å². The molecule has 0 aromatic heterocycles. The molecule has 0 radical (unpaired) electrons. The Balaban J connectivity index is 1.41. The minimum atomic E-state index is -0.121. The van der Waals surface area contributed by atoms with Crippen LogP contribution < -0.4 is 4.74 Å². The van der Waals surface area contributed by atoms with Gasteiger partial charge in [-0.15, -0.1) is 0 Å². The number of benzene rings is 3. The second kappa shape index (κ2) is 10.6. The van der Waals surface area contributed by atoms with Gasteiger partial charge < -0.3 is 14.5 Å². The van der Waals surface area contributed by atoms with Gasteiger partial charge in [0.05, 0.1) is 15.6 Å². The SMILES string of the molecule is O=C1c2ccccc2SC(c2cccc(Oc3ccc(Cl)c(Cl)c3)c2)N1CCN1CCCCC1. The normalized spacial score (nSPS) is 18.6. The lowest BCUT2D eigenvalue weighted by atomic mass is 10.1. The van der Waals surface area contributed by atoms with E-state index in [4.69, 9.17) is 27.9 Å². The van der Waals surface area contributed by atoms with Crippen LogP contribution >= 0.6 is 35.0 Å². The van der Waals surface area contributed by atoms with E-state index in [-0.39, 0.29) is 11.3 Å². The van der Waals surface area contributed by atoms with Gasteiger partial charge in [0.1, 0.15) is 16.9 Å². The van der Waals surface area contributed by atoms with Crippen LogP contribution in [0.5, 0.6) is 11.5 Å². The molecule has 1 amide bonds. The summed E-state index contributed by atoms with van der Waals surface area (Å²) in [6.07, 6.45) is 3.78. The molecular weight excluding hydrogens is 487 g/mol. The predicted molar refractivity (Wildman–Crippen MR) is 139 cm³/mol. The van der Waals surface area contributed by atoms with E-state index in [0.717, 1.165) is 35.7 Å². The highest BCUT2D eigenvalue weighted by Crippen LogP contribution is 2.45. The van der Waals surface area contributed by atoms with E-state index in [2.05, 4.69) is 11.0 Å². The molecule has 0 spiro atoms. The van der Waals surface area contributed by atoms with E-state index in [0.29, 0.717) is 28.1 Å². The quantitative estimate of drug-likeness (QED) is 0.341. The van der Waals surface area contributed by atoms with Crippen LogP contribution in [0.3, 0.4) is 0 Å². The fourth-order valence-corrected chi connectivity index (χ4v) is 6.08. The molecule has 2 aliphatic rings. The number of carbonyl (C=O) groups excluding carboxylic acids is 1. The first-order valence-electron chi connectivity index (χ1n) is 11.6. The van der Waals surface area contributed by atoms with E-state index in [1.165, 1.54) is 19.3 Å². The third kappa shape index (κ3) is 5.23. The predicted octanol–water partition coefficient (Wildman–Crippen LogP) is 7.52. The number of piperidine rings is 1. The first kappa shape index (κ1) is 23.6. The number of hydrogen-bond donors (Lipinski definition) is 0. The Labute approximate surface area is 214 Å². The number of likely N-dealkylation sites (tertiary alicyclic amines) is 1. The van der Waals surface area contributed by atoms with Crippen molar-refractivity contribution in [1.29, 1.82) is 0 Å². The Hall–Kier alpha value is -2.18. The van der Waals surface area contributed by atoms with Gasteiger partial charge in [-0.3, -0.25) is 4.79 Å². The summed E-state index contributed by atoms with van der Waals surface area (Å²) in [5.41, 5.74) is 1.81. The highest BCUT2D eigenvalue weighted by molar-refractivity contribution is 7.99. The molecule has 7 heteroatoms. The minimum Gasteiger partial charge on any atom is -0.457 e. The Morgan fingerprint density at radius 1 is 0.853 bits per heavy atom. The van der Waals surface area contributed by atoms with E-state index in [1.54, 1.807) is 30.0 Å². The van der Waals surface area contributed by atoms with Gasteiger partial charge >= 0.3 is 0 Å². The summed E-state index contributed by atoms with van der Waals surface area (Å²) < 4.78 is 6.07. The summed E-state index contributed by atoms with van der Waals surface area (Å²) in [6.45, 7) is 3.82. The molecule has 4 nitrogen and oxygen atoms in total. The van der Waals surface area contributed by atoms with Gasteiger partial charge in [0.2, 0.25) is 0 Å². The highest BCUT2D eigenvalue weighted by atomic mass is 35.5. The molecule has 0 aliphatic carbocycles. The van der Waals surface area contributed by atoms with Gasteiger partial charge in [0.15, 0.2) is 0 Å². The molecule has 1 fully saturated rings. The second-order valence-corrected chi connectivity index (χ2v) is 10.6. The molecule has 1 unspecified atom stereocenters. The summed E-state index contributed by atoms with van der Waals surface area (Å²) in [5, 5.41) is 0.816. The molecule has 176 valence electrons. The molecule has 2 heterocycles. The fraction of sp³-hybridized carbons (Fsp3) is 0.296. The smallest absolute Gasteiger partial charge is 0.256 e. The van der Waals surface area contributed by atoms with E-state index in [9.17, 15) is 4.79 Å². The maximum atomic E-state index is 13.6. The van der Waals surface area contributed by atoms with E-state index >= 15 is 0 Å². The number of carbonyl (C=O) groups is 1. The molecule has 3 aromatic rings. The summed E-state index contributed by atoms with van der Waals surface area (Å²) in [7, 11) is 0. The van der Waals surface area contributed by atoms with Gasteiger partial charge in [-0.25, -0.2) is 0 Å². The van der Waals surface area contributed by atoms with Gasteiger partial charge in [-0.05, 0) is 67.9 Å². The van der Waals surface area contributed by atoms with Crippen molar-refractivity contribution in [3.63, 3.8) is 0 Å². The van der Waals surface area contributed by atoms with Crippen molar-refractivity contribution >= 4 is 40.9 Å². The zero-order valence-electron chi connectivity index (χ0n) is 18.8. The van der Waals surface area contributed by atoms with Gasteiger partial charge in [-0.2, -0.15) is 0 Å². The summed E-state index contributed by atoms with van der Waals surface area (Å²) in [4.78, 5) is 19.1. The average molecular weight is 513 g/mol. The Bertz CT molecular complexity index is 1180. The molecule has 0 N–H and O–H groups in total. The molecular formula is C27H26Cl2N2O2S. The number of halogens is 2. The monoisotopic (exact) mass is 512 g/mol. The molecule has 2 aliphatic heterocycles. The lowest BCUT2D eigenvalue weighted by Crippen LogP contribution is -2.43. The third-order valence-electron chi connectivity index (χ3n) is 6.28. The van der Waals surface area contributed by atoms with Crippen LogP contribution in [0.1, 0.15) is 40.6 Å². The molecule has 0 saturated carbocycles. The Morgan fingerprint density at radius 2 is 1.65 bits per heavy atom. The minimum absolute atomic E-state index is 0.0900. The number of rotatable bonds is 6. The Kier molecular flexibility index (Phi) is 7.35. The number of amides is 1. The molecule has 5 rings (SSSR count). The standard InChI is InChI=1S/C27H26Cl2N2O2S/c28-23-12-11-21(18-24(23)29)33-20-8-6-7-19(17-20)27-31(16-15-30-13-4-1-5-14-30)26(32)22-9-2-3-10-25(22)34-27/h2-3,6-12,17-18,27H,1,4-5,13-16H2. The van der Waals surface area contributed by atoms with Crippen LogP contribution in [0.2, 0.25) is 10.0 Å². The lowest BCUT2D eigenvalue weighted by Gasteiger charge is -2.38. The average Bonchev–Trinajstić information content (AvgIpc) is 2.86. The number of ether oxygens (including phenoxy) is 1. The van der Waals surface area contributed by atoms with Gasteiger partial charge in [0, 0.05) is 24.1 Å². The van der Waals surface area contributed by atoms with Crippen molar-refractivity contribution in [3.8, 4) is 11.5 Å². The van der Waals surface area contributed by atoms with Crippen molar-refractivity contribution in [3.05, 3.63) is 87.9 Å². The number of fused-ring (bicyclic) bond motifs is 1. The van der Waals surface area contributed by atoms with E-state index < -0.39 is 0 Å². The number of thioether (sulfide) groups is 1. The van der Waals surface area contributed by atoms with Crippen LogP contribution in [0.15, 0.2) is 71.6 Å². The number of hydrogen-bond acceptors (Lipinski definition) is 4. The molecule has 34 heavy (non-hydrogen) atoms. The maximum Gasteiger partial charge on any atom is 0.256 e. The summed E-state index contributed by atoms with van der Waals surface area (Å²) in [5.74, 6) is 1.40. The second-order valence-electron chi connectivity index (χ2n) is 8.62. The van der Waals surface area contributed by atoms with Crippen molar-refractivity contribution in [2.24, 2.45) is 0 Å². The zero-order chi connectivity index (χ0) is 23.5. The Morgan fingerprint density at radius 3 is 2.47 bits per heavy atom. The van der Waals surface area contributed by atoms with Crippen LogP contribution in [0.25, 0.3) is 0 Å². The molecule has 3 aromatic carbocycles. The van der Waals surface area contributed by atoms with Crippen LogP contribution in [-0.2, 0) is 0 Å². The van der Waals surface area contributed by atoms with Crippen molar-refractivity contribution in [2.45, 2.75) is 29.5 Å². The van der Waals surface area contributed by atoms with Gasteiger partial charge in [0.25, 0.3) is 5.91 Å². The summed E-state index contributed by atoms with van der Waals surface area (Å²) >= 11 is 13.9. The van der Waals surface area contributed by atoms with Crippen molar-refractivity contribution < 1.29 is 9.53 Å². The fourth-order valence-electron chi connectivity index (χ4n) is 4.50.